The summed E-state index contributed by atoms with van der Waals surface area (Å²) in [5.41, 5.74) is 5.86. The summed E-state index contributed by atoms with van der Waals surface area (Å²) < 4.78 is 11.2. The molecule has 5 heteroatoms. The van der Waals surface area contributed by atoms with E-state index in [0.29, 0.717) is 6.54 Å². The SMILES string of the molecule is CN(C)c1ccc([C@@H](CN)N2CCOCC2)o1. The van der Waals surface area contributed by atoms with E-state index in [0.717, 1.165) is 37.9 Å². The van der Waals surface area contributed by atoms with E-state index in [1.807, 2.05) is 31.1 Å². The Kier molecular flexibility index (Phi) is 4.04. The number of hydrogen-bond acceptors (Lipinski definition) is 5. The Balaban J connectivity index is 2.10. The summed E-state index contributed by atoms with van der Waals surface area (Å²) in [6.07, 6.45) is 0. The second-order valence-corrected chi connectivity index (χ2v) is 4.47. The van der Waals surface area contributed by atoms with Gasteiger partial charge in [-0.15, -0.1) is 0 Å². The maximum atomic E-state index is 5.86. The van der Waals surface area contributed by atoms with E-state index >= 15 is 0 Å². The molecule has 1 fully saturated rings. The Morgan fingerprint density at radius 3 is 2.59 bits per heavy atom. The number of ether oxygens (including phenoxy) is 1. The maximum Gasteiger partial charge on any atom is 0.195 e. The van der Waals surface area contributed by atoms with E-state index in [4.69, 9.17) is 14.9 Å². The van der Waals surface area contributed by atoms with Gasteiger partial charge in [0.25, 0.3) is 0 Å². The van der Waals surface area contributed by atoms with Gasteiger partial charge in [-0.05, 0) is 6.07 Å². The zero-order valence-corrected chi connectivity index (χ0v) is 10.6. The van der Waals surface area contributed by atoms with Gasteiger partial charge in [0.1, 0.15) is 5.76 Å². The molecule has 0 unspecified atom stereocenters. The second-order valence-electron chi connectivity index (χ2n) is 4.47. The van der Waals surface area contributed by atoms with Gasteiger partial charge in [-0.2, -0.15) is 0 Å². The summed E-state index contributed by atoms with van der Waals surface area (Å²) >= 11 is 0. The minimum atomic E-state index is 0.160. The fourth-order valence-electron chi connectivity index (χ4n) is 2.10. The van der Waals surface area contributed by atoms with Crippen LogP contribution in [0.25, 0.3) is 0 Å². The first-order valence-corrected chi connectivity index (χ1v) is 6.01. The van der Waals surface area contributed by atoms with Crippen LogP contribution < -0.4 is 10.6 Å². The van der Waals surface area contributed by atoms with Crippen LogP contribution >= 0.6 is 0 Å². The van der Waals surface area contributed by atoms with Crippen LogP contribution in [0.4, 0.5) is 5.88 Å². The van der Waals surface area contributed by atoms with E-state index in [1.54, 1.807) is 0 Å². The predicted molar refractivity (Wildman–Crippen MR) is 67.2 cm³/mol. The number of furan rings is 1. The van der Waals surface area contributed by atoms with E-state index in [2.05, 4.69) is 4.90 Å². The fraction of sp³-hybridized carbons (Fsp3) is 0.667. The van der Waals surface area contributed by atoms with Crippen LogP contribution in [0.3, 0.4) is 0 Å². The molecule has 1 saturated heterocycles. The number of rotatable bonds is 4. The third kappa shape index (κ3) is 2.80. The van der Waals surface area contributed by atoms with Crippen molar-refractivity contribution in [1.82, 2.24) is 4.90 Å². The van der Waals surface area contributed by atoms with E-state index < -0.39 is 0 Å². The molecule has 0 bridgehead atoms. The number of nitrogens with zero attached hydrogens (tertiary/aromatic N) is 2. The van der Waals surface area contributed by atoms with Crippen molar-refractivity contribution in [2.75, 3.05) is 51.8 Å². The zero-order valence-electron chi connectivity index (χ0n) is 10.6. The van der Waals surface area contributed by atoms with Crippen molar-refractivity contribution in [1.29, 1.82) is 0 Å². The molecule has 0 amide bonds. The lowest BCUT2D eigenvalue weighted by atomic mass is 10.2. The minimum absolute atomic E-state index is 0.160. The predicted octanol–water partition coefficient (Wildman–Crippen LogP) is 0.678. The van der Waals surface area contributed by atoms with Crippen LogP contribution in [-0.4, -0.2) is 51.8 Å². The summed E-state index contributed by atoms with van der Waals surface area (Å²) in [5.74, 6) is 1.81. The minimum Gasteiger partial charge on any atom is -0.444 e. The topological polar surface area (TPSA) is 54.9 Å². The molecule has 2 N–H and O–H groups in total. The first-order chi connectivity index (χ1) is 8.22. The van der Waals surface area contributed by atoms with Crippen molar-refractivity contribution in [3.63, 3.8) is 0 Å². The summed E-state index contributed by atoms with van der Waals surface area (Å²) in [5, 5.41) is 0. The number of anilines is 1. The van der Waals surface area contributed by atoms with Gasteiger partial charge in [0, 0.05) is 39.8 Å². The van der Waals surface area contributed by atoms with Crippen molar-refractivity contribution in [3.05, 3.63) is 17.9 Å². The molecule has 0 aromatic carbocycles. The lowest BCUT2D eigenvalue weighted by molar-refractivity contribution is 0.0137. The third-order valence-corrected chi connectivity index (χ3v) is 3.09. The van der Waals surface area contributed by atoms with Crippen molar-refractivity contribution in [2.45, 2.75) is 6.04 Å². The molecule has 1 aliphatic rings. The molecule has 17 heavy (non-hydrogen) atoms. The van der Waals surface area contributed by atoms with Gasteiger partial charge in [0.15, 0.2) is 5.88 Å². The Hall–Kier alpha value is -1.04. The zero-order chi connectivity index (χ0) is 12.3. The standard InChI is InChI=1S/C12H21N3O2/c1-14(2)12-4-3-11(17-12)10(9-13)15-5-7-16-8-6-15/h3-4,10H,5-9,13H2,1-2H3/t10-/m1/s1. The molecule has 0 aliphatic carbocycles. The number of nitrogens with two attached hydrogens (primary N) is 1. The third-order valence-electron chi connectivity index (χ3n) is 3.09. The highest BCUT2D eigenvalue weighted by atomic mass is 16.5. The lowest BCUT2D eigenvalue weighted by Gasteiger charge is -2.32. The highest BCUT2D eigenvalue weighted by molar-refractivity contribution is 5.34. The van der Waals surface area contributed by atoms with Crippen molar-refractivity contribution < 1.29 is 9.15 Å². The molecular weight excluding hydrogens is 218 g/mol. The monoisotopic (exact) mass is 239 g/mol. The van der Waals surface area contributed by atoms with Crippen LogP contribution in [0, 0.1) is 0 Å². The smallest absolute Gasteiger partial charge is 0.195 e. The van der Waals surface area contributed by atoms with Crippen LogP contribution in [0.1, 0.15) is 11.8 Å². The Labute approximate surface area is 102 Å². The van der Waals surface area contributed by atoms with Crippen LogP contribution in [0.5, 0.6) is 0 Å². The summed E-state index contributed by atoms with van der Waals surface area (Å²) in [6.45, 7) is 3.95. The average Bonchev–Trinajstić information content (AvgIpc) is 2.81. The Bertz CT molecular complexity index is 345. The molecule has 1 aliphatic heterocycles. The molecule has 0 saturated carbocycles. The second kappa shape index (κ2) is 5.53. The molecule has 1 aromatic heterocycles. The van der Waals surface area contributed by atoms with Crippen LogP contribution in [-0.2, 0) is 4.74 Å². The Morgan fingerprint density at radius 2 is 2.06 bits per heavy atom. The highest BCUT2D eigenvalue weighted by Crippen LogP contribution is 2.26. The van der Waals surface area contributed by atoms with Gasteiger partial charge < -0.3 is 19.8 Å². The quantitative estimate of drug-likeness (QED) is 0.837. The largest absolute Gasteiger partial charge is 0.444 e. The van der Waals surface area contributed by atoms with Gasteiger partial charge in [0.2, 0.25) is 0 Å². The van der Waals surface area contributed by atoms with Gasteiger partial charge >= 0.3 is 0 Å². The molecule has 5 nitrogen and oxygen atoms in total. The first kappa shape index (κ1) is 12.4. The van der Waals surface area contributed by atoms with Crippen LogP contribution in [0.2, 0.25) is 0 Å². The highest BCUT2D eigenvalue weighted by Gasteiger charge is 2.24. The molecule has 1 atom stereocenters. The normalized spacial score (nSPS) is 19.2. The maximum absolute atomic E-state index is 5.86. The average molecular weight is 239 g/mol. The molecule has 0 spiro atoms. The fourth-order valence-corrected chi connectivity index (χ4v) is 2.10. The summed E-state index contributed by atoms with van der Waals surface area (Å²) in [4.78, 5) is 4.28. The molecular formula is C12H21N3O2. The molecule has 0 radical (unpaired) electrons. The van der Waals surface area contributed by atoms with E-state index in [-0.39, 0.29) is 6.04 Å². The molecule has 2 rings (SSSR count). The van der Waals surface area contributed by atoms with Crippen molar-refractivity contribution >= 4 is 5.88 Å². The summed E-state index contributed by atoms with van der Waals surface area (Å²) in [6, 6.07) is 4.16. The lowest BCUT2D eigenvalue weighted by Crippen LogP contribution is -2.41. The molecule has 2 heterocycles. The molecule has 1 aromatic rings. The van der Waals surface area contributed by atoms with E-state index in [1.165, 1.54) is 0 Å². The number of morpholine rings is 1. The van der Waals surface area contributed by atoms with Gasteiger partial charge in [-0.3, -0.25) is 4.90 Å². The van der Waals surface area contributed by atoms with E-state index in [9.17, 15) is 0 Å². The van der Waals surface area contributed by atoms with Crippen molar-refractivity contribution in [2.24, 2.45) is 5.73 Å². The first-order valence-electron chi connectivity index (χ1n) is 6.01. The summed E-state index contributed by atoms with van der Waals surface area (Å²) in [7, 11) is 3.93. The van der Waals surface area contributed by atoms with Crippen molar-refractivity contribution in [3.8, 4) is 0 Å². The molecule has 96 valence electrons. The van der Waals surface area contributed by atoms with Crippen LogP contribution in [0.15, 0.2) is 16.5 Å². The van der Waals surface area contributed by atoms with Gasteiger partial charge in [-0.25, -0.2) is 0 Å². The van der Waals surface area contributed by atoms with Gasteiger partial charge in [-0.1, -0.05) is 0 Å². The van der Waals surface area contributed by atoms with Gasteiger partial charge in [0.05, 0.1) is 19.3 Å². The number of hydrogen-bond donors (Lipinski definition) is 1. The Morgan fingerprint density at radius 1 is 1.35 bits per heavy atom.